The van der Waals surface area contributed by atoms with E-state index in [1.54, 1.807) is 12.4 Å². The average molecular weight is 315 g/mol. The summed E-state index contributed by atoms with van der Waals surface area (Å²) in [4.78, 5) is 18.3. The molecule has 2 aromatic rings. The van der Waals surface area contributed by atoms with E-state index in [0.29, 0.717) is 24.5 Å². The molecule has 122 valence electrons. The van der Waals surface area contributed by atoms with Crippen molar-refractivity contribution in [1.82, 2.24) is 14.5 Å². The second-order valence-electron chi connectivity index (χ2n) is 5.88. The van der Waals surface area contributed by atoms with Crippen molar-refractivity contribution >= 4 is 0 Å². The molecule has 23 heavy (non-hydrogen) atoms. The normalized spacial score (nSPS) is 15.2. The molecular weight excluding hydrogens is 294 g/mol. The van der Waals surface area contributed by atoms with Gasteiger partial charge in [0.25, 0.3) is 0 Å². The summed E-state index contributed by atoms with van der Waals surface area (Å²) in [6, 6.07) is 5.08. The standard InChI is InChI=1S/C17H21N3O3/c21-12-14-8-16(22)17(23)15(11-19-6-1-2-7-19)20(14)10-13-4-3-5-18-9-13/h3-5,8-9,21,23H,1-2,6-7,10-12H2. The summed E-state index contributed by atoms with van der Waals surface area (Å²) in [6.07, 6.45) is 5.71. The SMILES string of the molecule is O=c1cc(CO)n(Cc2cccnc2)c(CN2CCCC2)c1O. The van der Waals surface area contributed by atoms with E-state index < -0.39 is 5.43 Å². The molecule has 0 aliphatic carbocycles. The van der Waals surface area contributed by atoms with Crippen LogP contribution >= 0.6 is 0 Å². The van der Waals surface area contributed by atoms with Crippen molar-refractivity contribution in [3.8, 4) is 5.75 Å². The van der Waals surface area contributed by atoms with Crippen molar-refractivity contribution in [3.05, 3.63) is 57.8 Å². The van der Waals surface area contributed by atoms with Crippen molar-refractivity contribution in [2.24, 2.45) is 0 Å². The summed E-state index contributed by atoms with van der Waals surface area (Å²) in [5.74, 6) is -0.224. The summed E-state index contributed by atoms with van der Waals surface area (Å²) in [7, 11) is 0. The summed E-state index contributed by atoms with van der Waals surface area (Å²) in [5.41, 5.74) is 1.58. The fraction of sp³-hybridized carbons (Fsp3) is 0.412. The van der Waals surface area contributed by atoms with Crippen LogP contribution in [0.5, 0.6) is 5.75 Å². The van der Waals surface area contributed by atoms with Gasteiger partial charge in [-0.1, -0.05) is 6.07 Å². The van der Waals surface area contributed by atoms with Crippen LogP contribution in [-0.4, -0.2) is 37.8 Å². The molecule has 1 saturated heterocycles. The molecule has 0 atom stereocenters. The number of aromatic nitrogens is 2. The number of aromatic hydroxyl groups is 1. The van der Waals surface area contributed by atoms with Crippen LogP contribution in [0.1, 0.15) is 29.8 Å². The molecule has 6 nitrogen and oxygen atoms in total. The van der Waals surface area contributed by atoms with E-state index in [1.807, 2.05) is 16.7 Å². The molecule has 1 aliphatic heterocycles. The number of hydrogen-bond donors (Lipinski definition) is 2. The quantitative estimate of drug-likeness (QED) is 0.863. The number of nitrogens with zero attached hydrogens (tertiary/aromatic N) is 3. The second-order valence-corrected chi connectivity index (χ2v) is 5.88. The highest BCUT2D eigenvalue weighted by Crippen LogP contribution is 2.21. The molecule has 0 spiro atoms. The van der Waals surface area contributed by atoms with Gasteiger partial charge < -0.3 is 14.8 Å². The van der Waals surface area contributed by atoms with E-state index in [0.717, 1.165) is 31.5 Å². The third-order valence-corrected chi connectivity index (χ3v) is 4.27. The lowest BCUT2D eigenvalue weighted by molar-refractivity contribution is 0.263. The van der Waals surface area contributed by atoms with Crippen molar-refractivity contribution in [2.45, 2.75) is 32.5 Å². The Morgan fingerprint density at radius 3 is 2.65 bits per heavy atom. The molecule has 0 unspecified atom stereocenters. The van der Waals surface area contributed by atoms with Crippen LogP contribution < -0.4 is 5.43 Å². The monoisotopic (exact) mass is 315 g/mol. The first-order chi connectivity index (χ1) is 11.2. The fourth-order valence-corrected chi connectivity index (χ4v) is 3.06. The first-order valence-electron chi connectivity index (χ1n) is 7.85. The molecule has 2 N–H and O–H groups in total. The van der Waals surface area contributed by atoms with Gasteiger partial charge in [-0.15, -0.1) is 0 Å². The van der Waals surface area contributed by atoms with Gasteiger partial charge in [0.2, 0.25) is 5.43 Å². The Morgan fingerprint density at radius 1 is 1.22 bits per heavy atom. The number of aliphatic hydroxyl groups excluding tert-OH is 1. The van der Waals surface area contributed by atoms with Crippen molar-refractivity contribution in [1.29, 1.82) is 0 Å². The largest absolute Gasteiger partial charge is 0.503 e. The van der Waals surface area contributed by atoms with E-state index in [1.165, 1.54) is 6.07 Å². The van der Waals surface area contributed by atoms with Gasteiger partial charge >= 0.3 is 0 Å². The minimum Gasteiger partial charge on any atom is -0.503 e. The summed E-state index contributed by atoms with van der Waals surface area (Å²) >= 11 is 0. The van der Waals surface area contributed by atoms with Crippen LogP contribution in [-0.2, 0) is 19.7 Å². The maximum atomic E-state index is 12.0. The van der Waals surface area contributed by atoms with E-state index in [2.05, 4.69) is 9.88 Å². The number of aliphatic hydroxyl groups is 1. The van der Waals surface area contributed by atoms with E-state index >= 15 is 0 Å². The van der Waals surface area contributed by atoms with Gasteiger partial charge in [-0.25, -0.2) is 0 Å². The number of pyridine rings is 2. The Labute approximate surface area is 134 Å². The van der Waals surface area contributed by atoms with Gasteiger partial charge in [0.05, 0.1) is 12.3 Å². The average Bonchev–Trinajstić information content (AvgIpc) is 3.08. The molecule has 3 rings (SSSR count). The molecule has 6 heteroatoms. The van der Waals surface area contributed by atoms with Gasteiger partial charge in [0.15, 0.2) is 5.75 Å². The first kappa shape index (κ1) is 15.7. The maximum Gasteiger partial charge on any atom is 0.223 e. The van der Waals surface area contributed by atoms with Gasteiger partial charge in [0.1, 0.15) is 0 Å². The lowest BCUT2D eigenvalue weighted by Crippen LogP contribution is -2.26. The molecule has 1 aliphatic rings. The van der Waals surface area contributed by atoms with Crippen molar-refractivity contribution in [3.63, 3.8) is 0 Å². The summed E-state index contributed by atoms with van der Waals surface area (Å²) in [6.45, 7) is 2.65. The van der Waals surface area contributed by atoms with Crippen LogP contribution in [0.15, 0.2) is 35.4 Å². The lowest BCUT2D eigenvalue weighted by Gasteiger charge is -2.22. The maximum absolute atomic E-state index is 12.0. The highest BCUT2D eigenvalue weighted by atomic mass is 16.3. The Bertz CT molecular complexity index is 722. The lowest BCUT2D eigenvalue weighted by atomic mass is 10.2. The van der Waals surface area contributed by atoms with Gasteiger partial charge in [-0.05, 0) is 37.6 Å². The van der Waals surface area contributed by atoms with E-state index in [4.69, 9.17) is 0 Å². The number of likely N-dealkylation sites (tertiary alicyclic amines) is 1. The molecule has 0 aromatic carbocycles. The van der Waals surface area contributed by atoms with Crippen LogP contribution in [0, 0.1) is 0 Å². The minimum atomic E-state index is -0.439. The topological polar surface area (TPSA) is 78.6 Å². The van der Waals surface area contributed by atoms with Crippen LogP contribution in [0.2, 0.25) is 0 Å². The molecule has 0 amide bonds. The van der Waals surface area contributed by atoms with Gasteiger partial charge in [-0.2, -0.15) is 0 Å². The zero-order valence-corrected chi connectivity index (χ0v) is 13.0. The van der Waals surface area contributed by atoms with Gasteiger partial charge in [0, 0.05) is 37.2 Å². The number of hydrogen-bond acceptors (Lipinski definition) is 5. The third-order valence-electron chi connectivity index (χ3n) is 4.27. The Morgan fingerprint density at radius 2 is 2.00 bits per heavy atom. The molecular formula is C17H21N3O3. The zero-order valence-electron chi connectivity index (χ0n) is 13.0. The highest BCUT2D eigenvalue weighted by Gasteiger charge is 2.20. The second kappa shape index (κ2) is 6.93. The molecule has 3 heterocycles. The van der Waals surface area contributed by atoms with Gasteiger partial charge in [-0.3, -0.25) is 14.7 Å². The van der Waals surface area contributed by atoms with Crippen molar-refractivity contribution in [2.75, 3.05) is 13.1 Å². The predicted molar refractivity (Wildman–Crippen MR) is 86.1 cm³/mol. The Kier molecular flexibility index (Phi) is 4.73. The first-order valence-corrected chi connectivity index (χ1v) is 7.85. The third kappa shape index (κ3) is 3.43. The van der Waals surface area contributed by atoms with Crippen molar-refractivity contribution < 1.29 is 10.2 Å². The molecule has 1 fully saturated rings. The van der Waals surface area contributed by atoms with Crippen LogP contribution in [0.25, 0.3) is 0 Å². The van der Waals surface area contributed by atoms with Crippen LogP contribution in [0.3, 0.4) is 0 Å². The zero-order chi connectivity index (χ0) is 16.2. The molecule has 0 bridgehead atoms. The fourth-order valence-electron chi connectivity index (χ4n) is 3.06. The molecule has 2 aromatic heterocycles. The number of rotatable bonds is 5. The van der Waals surface area contributed by atoms with E-state index in [-0.39, 0.29) is 12.4 Å². The molecule has 0 saturated carbocycles. The predicted octanol–water partition coefficient (Wildman–Crippen LogP) is 1.09. The summed E-state index contributed by atoms with van der Waals surface area (Å²) < 4.78 is 1.83. The molecule has 0 radical (unpaired) electrons. The minimum absolute atomic E-state index is 0.224. The Hall–Kier alpha value is -2.18. The summed E-state index contributed by atoms with van der Waals surface area (Å²) in [5, 5.41) is 19.9. The highest BCUT2D eigenvalue weighted by molar-refractivity contribution is 5.31. The Balaban J connectivity index is 2.03. The smallest absolute Gasteiger partial charge is 0.223 e. The van der Waals surface area contributed by atoms with Crippen LogP contribution in [0.4, 0.5) is 0 Å². The van der Waals surface area contributed by atoms with E-state index in [9.17, 15) is 15.0 Å².